The largest absolute Gasteiger partial charge is 0.404 e. The molecule has 121 heavy (non-hydrogen) atoms. The molecule has 6 fully saturated rings. The number of halogens is 6. The summed E-state index contributed by atoms with van der Waals surface area (Å²) in [5.41, 5.74) is 16.6. The van der Waals surface area contributed by atoms with E-state index in [4.69, 9.17) is 0 Å². The lowest BCUT2D eigenvalue weighted by molar-refractivity contribution is -0.177. The molecule has 3 saturated heterocycles. The highest BCUT2D eigenvalue weighted by Gasteiger charge is 2.47. The molecule has 3 saturated carbocycles. The summed E-state index contributed by atoms with van der Waals surface area (Å²) >= 11 is 0. The number of nitrogens with one attached hydrogen (secondary N) is 2. The summed E-state index contributed by atoms with van der Waals surface area (Å²) in [7, 11) is 2.00. The second-order valence-electron chi connectivity index (χ2n) is 38.8. The lowest BCUT2D eigenvalue weighted by Crippen LogP contribution is -2.45. The van der Waals surface area contributed by atoms with Gasteiger partial charge in [0.25, 0.3) is 0 Å². The molecule has 0 radical (unpaired) electrons. The predicted molar refractivity (Wildman–Crippen MR) is 502 cm³/mol. The Morgan fingerprint density at radius 1 is 0.355 bits per heavy atom. The molecule has 7 aromatic carbocycles. The Labute approximate surface area is 730 Å². The van der Waals surface area contributed by atoms with Gasteiger partial charge in [0.15, 0.2) is 0 Å². The van der Waals surface area contributed by atoms with Crippen LogP contribution < -0.4 is 15.5 Å². The van der Waals surface area contributed by atoms with Gasteiger partial charge in [-0.1, -0.05) is 283 Å². The van der Waals surface area contributed by atoms with Crippen molar-refractivity contribution < 1.29 is 41.7 Å². The molecule has 5 N–H and O–H groups in total. The molecule has 7 aromatic rings. The van der Waals surface area contributed by atoms with Crippen LogP contribution in [0.2, 0.25) is 0 Å². The molecule has 13 rings (SSSR count). The number of likely N-dealkylation sites (N-methyl/N-ethyl adjacent to an activating group) is 1. The maximum absolute atomic E-state index is 12.8. The first-order valence-corrected chi connectivity index (χ1v) is 46.0. The van der Waals surface area contributed by atoms with Crippen molar-refractivity contribution in [3.05, 3.63) is 231 Å². The van der Waals surface area contributed by atoms with E-state index in [0.29, 0.717) is 99.1 Å². The molecule has 0 spiro atoms. The van der Waals surface area contributed by atoms with Gasteiger partial charge in [0, 0.05) is 68.4 Å². The van der Waals surface area contributed by atoms with Gasteiger partial charge in [0.2, 0.25) is 0 Å². The number of alkyl halides is 6. The molecule has 5 atom stereocenters. The fourth-order valence-corrected chi connectivity index (χ4v) is 17.4. The Kier molecular flexibility index (Phi) is 42.5. The molecule has 9 nitrogen and oxygen atoms in total. The molecule has 674 valence electrons. The zero-order valence-corrected chi connectivity index (χ0v) is 77.0. The Hall–Kier alpha value is -6.72. The van der Waals surface area contributed by atoms with Crippen molar-refractivity contribution >= 4 is 17.1 Å². The normalized spacial score (nSPS) is 19.4. The van der Waals surface area contributed by atoms with Crippen LogP contribution in [0, 0.1) is 5.92 Å². The van der Waals surface area contributed by atoms with Crippen LogP contribution in [0.1, 0.15) is 350 Å². The quantitative estimate of drug-likeness (QED) is 0.0401. The topological polar surface area (TPSA) is 97.7 Å². The third-order valence-corrected chi connectivity index (χ3v) is 24.9. The van der Waals surface area contributed by atoms with Gasteiger partial charge in [-0.3, -0.25) is 14.7 Å². The summed E-state index contributed by atoms with van der Waals surface area (Å²) < 4.78 is 77.1. The van der Waals surface area contributed by atoms with E-state index in [1.807, 2.05) is 83.3 Å². The second kappa shape index (κ2) is 49.8. The predicted octanol–water partition coefficient (Wildman–Crippen LogP) is 28.1. The molecule has 15 heteroatoms. The summed E-state index contributed by atoms with van der Waals surface area (Å²) in [4.78, 5) is 7.59. The van der Waals surface area contributed by atoms with Crippen LogP contribution in [-0.4, -0.2) is 123 Å². The first-order chi connectivity index (χ1) is 56.6. The van der Waals surface area contributed by atoms with Gasteiger partial charge in [-0.2, -0.15) is 26.3 Å². The number of aliphatic hydroxyl groups excluding tert-OH is 1. The Bertz CT molecular complexity index is 3680. The van der Waals surface area contributed by atoms with Crippen molar-refractivity contribution in [3.63, 3.8) is 0 Å². The van der Waals surface area contributed by atoms with Gasteiger partial charge in [-0.05, 0) is 269 Å². The molecule has 0 amide bonds. The van der Waals surface area contributed by atoms with E-state index in [9.17, 15) is 41.7 Å². The fourth-order valence-electron chi connectivity index (χ4n) is 17.4. The zero-order chi connectivity index (χ0) is 88.1. The van der Waals surface area contributed by atoms with E-state index in [1.165, 1.54) is 132 Å². The van der Waals surface area contributed by atoms with Gasteiger partial charge in [-0.15, -0.1) is 0 Å². The van der Waals surface area contributed by atoms with Crippen LogP contribution >= 0.6 is 0 Å². The van der Waals surface area contributed by atoms with Gasteiger partial charge < -0.3 is 30.9 Å². The zero-order valence-electron chi connectivity index (χ0n) is 77.0. The van der Waals surface area contributed by atoms with E-state index in [-0.39, 0.29) is 32.4 Å². The van der Waals surface area contributed by atoms with Crippen LogP contribution in [0.4, 0.5) is 43.4 Å². The summed E-state index contributed by atoms with van der Waals surface area (Å²) in [5.74, 6) is 4.89. The van der Waals surface area contributed by atoms with Gasteiger partial charge in [-0.25, -0.2) is 0 Å². The minimum Gasteiger partial charge on any atom is -0.393 e. The molecule has 3 aliphatic heterocycles. The highest BCUT2D eigenvalue weighted by atomic mass is 19.4. The summed E-state index contributed by atoms with van der Waals surface area (Å²) in [5, 5.41) is 36.6. The van der Waals surface area contributed by atoms with Crippen LogP contribution in [0.3, 0.4) is 0 Å². The fraction of sp³-hybridized carbons (Fsp3) is 0.604. The summed E-state index contributed by atoms with van der Waals surface area (Å²) in [6, 6.07) is 59.0. The van der Waals surface area contributed by atoms with Crippen LogP contribution in [0.5, 0.6) is 0 Å². The van der Waals surface area contributed by atoms with E-state index in [2.05, 4.69) is 239 Å². The summed E-state index contributed by atoms with van der Waals surface area (Å²) in [6.07, 6.45) is 12.6. The lowest BCUT2D eigenvalue weighted by Gasteiger charge is -2.33. The number of likely N-dealkylation sites (tertiary alicyclic amines) is 3. The summed E-state index contributed by atoms with van der Waals surface area (Å²) in [6.45, 7) is 42.7. The van der Waals surface area contributed by atoms with E-state index < -0.39 is 35.6 Å². The van der Waals surface area contributed by atoms with Gasteiger partial charge in [0.05, 0.1) is 17.3 Å². The number of hydrogen-bond donors (Lipinski definition) is 5. The minimum absolute atomic E-state index is 0. The number of nitrogens with zero attached hydrogens (tertiary/aromatic N) is 4. The third-order valence-electron chi connectivity index (χ3n) is 24.9. The highest BCUT2D eigenvalue weighted by Crippen LogP contribution is 2.37. The van der Waals surface area contributed by atoms with Crippen molar-refractivity contribution in [2.45, 2.75) is 375 Å². The smallest absolute Gasteiger partial charge is 0.393 e. The van der Waals surface area contributed by atoms with E-state index in [1.54, 1.807) is 9.80 Å². The number of aliphatic hydroxyl groups is 3. The van der Waals surface area contributed by atoms with Crippen molar-refractivity contribution in [1.82, 2.24) is 14.7 Å². The lowest BCUT2D eigenvalue weighted by atomic mass is 9.95. The minimum atomic E-state index is -4.10. The van der Waals surface area contributed by atoms with Crippen molar-refractivity contribution in [2.75, 3.05) is 48.8 Å². The molecular formula is C106H160F6N6O3. The number of hydrogen-bond acceptors (Lipinski definition) is 9. The Balaban J connectivity index is 0.000000219. The molecule has 3 unspecified atom stereocenters. The molecule has 3 heterocycles. The monoisotopic (exact) mass is 1680 g/mol. The Morgan fingerprint density at radius 2 is 0.645 bits per heavy atom. The van der Waals surface area contributed by atoms with Gasteiger partial charge in [0.1, 0.15) is 12.1 Å². The Morgan fingerprint density at radius 3 is 0.942 bits per heavy atom. The maximum atomic E-state index is 12.8. The maximum Gasteiger partial charge on any atom is 0.404 e. The number of anilines is 3. The average molecular weight is 1680 g/mol. The van der Waals surface area contributed by atoms with E-state index >= 15 is 0 Å². The molecule has 3 aliphatic carbocycles. The van der Waals surface area contributed by atoms with Crippen molar-refractivity contribution in [3.8, 4) is 0 Å². The van der Waals surface area contributed by atoms with E-state index in [0.717, 1.165) is 61.5 Å². The standard InChI is InChI=1S/C17H27NO.2C15H20F3N.C15H23N.C15H22.C14H21NO.C14H23NO.CH4/c1-13(2)15-9-7-14(8-10-15)12-18-11-5-6-16(18)17(3,4)19;2*1-11(2)13-7-5-12(6-8-13)10-19-9-3-4-14(19)15(16,17)18;1-12(2)13-8-10-15(11-9-13)16-14-6-4-3-5-7-14;1-12(2)15-9-7-14(8-10-15)11-13-5-3-4-6-13;1-10(2)11-3-5-12(6-4-11)15-13-7-8-14(16)9-13;1-11(2)12-6-8-13(9-7-12)15(5)10-14(3,4)16;/h7-10,13,16,19H,5-6,11-12H2,1-4H3;2*5-8,11,14H,3-4,9-10H2,1-2H3;8-12,14,16H,3-7H2,1-2H3;7-10,12-13H,3-6,11H2,1-2H3;3-6,10,13-16H,7-9H2,1-2H3;6-9,11,16H,10H2,1-5H3;1H4/t;2*14-;;;;;/m.10...../s1. The van der Waals surface area contributed by atoms with Crippen LogP contribution in [-0.2, 0) is 26.1 Å². The van der Waals surface area contributed by atoms with Gasteiger partial charge >= 0.3 is 12.4 Å². The third kappa shape index (κ3) is 36.4. The SMILES string of the molecule is C.CC(C)c1ccc(CC2CCCC2)cc1.CC(C)c1ccc(CN2CCCC2C(C)(C)O)cc1.CC(C)c1ccc(CN2CCC[C@@H]2C(F)(F)F)cc1.CC(C)c1ccc(CN2CCC[C@H]2C(F)(F)F)cc1.CC(C)c1ccc(N(C)CC(C)(C)O)cc1.CC(C)c1ccc(NC2CCC(O)C2)cc1.CC(C)c1ccc(NC2CCCCC2)cc1. The van der Waals surface area contributed by atoms with Crippen LogP contribution in [0.25, 0.3) is 0 Å². The van der Waals surface area contributed by atoms with Crippen molar-refractivity contribution in [2.24, 2.45) is 5.92 Å². The molecule has 0 aromatic heterocycles. The van der Waals surface area contributed by atoms with Crippen molar-refractivity contribution in [1.29, 1.82) is 0 Å². The average Bonchev–Trinajstić information content (AvgIpc) is 1.71. The molecule has 6 aliphatic rings. The molecular weight excluding hydrogens is 1520 g/mol. The first kappa shape index (κ1) is 103. The number of rotatable bonds is 23. The van der Waals surface area contributed by atoms with Crippen LogP contribution in [0.15, 0.2) is 170 Å². The second-order valence-corrected chi connectivity index (χ2v) is 38.8. The highest BCUT2D eigenvalue weighted by molar-refractivity contribution is 5.49. The molecule has 0 bridgehead atoms. The number of benzene rings is 7. The first-order valence-electron chi connectivity index (χ1n) is 46.0.